The first-order valence-corrected chi connectivity index (χ1v) is 4.58. The zero-order chi connectivity index (χ0) is 10.0. The zero-order valence-corrected chi connectivity index (χ0v) is 8.09. The van der Waals surface area contributed by atoms with Gasteiger partial charge in [0.1, 0.15) is 18.3 Å². The maximum absolute atomic E-state index is 9.38. The van der Waals surface area contributed by atoms with Crippen LogP contribution in [0.2, 0.25) is 0 Å². The summed E-state index contributed by atoms with van der Waals surface area (Å²) in [4.78, 5) is 0. The van der Waals surface area contributed by atoms with Crippen molar-refractivity contribution in [2.75, 3.05) is 12.9 Å². The van der Waals surface area contributed by atoms with Crippen molar-refractivity contribution in [2.24, 2.45) is 0 Å². The SMILES string of the molecule is CO[C@@H]1O[C@H](CS)[C@H](O)[C@H](O)[C@H]1O. The standard InChI is InChI=1S/C7H14O5S/c1-11-7-6(10)5(9)4(8)3(2-13)12-7/h3-10,13H,2H2,1H3/t3-,4+,5+,6-,7-/m1/s1. The van der Waals surface area contributed by atoms with Gasteiger partial charge in [0.15, 0.2) is 6.29 Å². The molecule has 13 heavy (non-hydrogen) atoms. The first kappa shape index (κ1) is 11.2. The van der Waals surface area contributed by atoms with Crippen LogP contribution in [-0.4, -0.2) is 58.9 Å². The minimum atomic E-state index is -1.25. The molecule has 1 heterocycles. The zero-order valence-electron chi connectivity index (χ0n) is 7.20. The van der Waals surface area contributed by atoms with E-state index in [0.717, 1.165) is 0 Å². The molecule has 5 nitrogen and oxygen atoms in total. The third kappa shape index (κ3) is 2.15. The van der Waals surface area contributed by atoms with Crippen LogP contribution in [0.15, 0.2) is 0 Å². The van der Waals surface area contributed by atoms with E-state index in [2.05, 4.69) is 12.6 Å². The summed E-state index contributed by atoms with van der Waals surface area (Å²) in [6.45, 7) is 0. The topological polar surface area (TPSA) is 79.2 Å². The predicted molar refractivity (Wildman–Crippen MR) is 47.5 cm³/mol. The minimum Gasteiger partial charge on any atom is -0.388 e. The summed E-state index contributed by atoms with van der Waals surface area (Å²) in [7, 11) is 1.36. The lowest BCUT2D eigenvalue weighted by molar-refractivity contribution is -0.284. The van der Waals surface area contributed by atoms with E-state index in [4.69, 9.17) is 9.47 Å². The molecule has 0 aromatic carbocycles. The highest BCUT2D eigenvalue weighted by molar-refractivity contribution is 7.80. The van der Waals surface area contributed by atoms with E-state index in [9.17, 15) is 15.3 Å². The van der Waals surface area contributed by atoms with Crippen LogP contribution in [0, 0.1) is 0 Å². The van der Waals surface area contributed by atoms with Crippen molar-refractivity contribution in [3.05, 3.63) is 0 Å². The van der Waals surface area contributed by atoms with E-state index in [1.165, 1.54) is 7.11 Å². The third-order valence-corrected chi connectivity index (χ3v) is 2.44. The van der Waals surface area contributed by atoms with Gasteiger partial charge in [-0.25, -0.2) is 0 Å². The molecule has 0 aromatic heterocycles. The van der Waals surface area contributed by atoms with Crippen LogP contribution in [0.25, 0.3) is 0 Å². The highest BCUT2D eigenvalue weighted by Gasteiger charge is 2.43. The Hall–Kier alpha value is 0.150. The molecule has 0 saturated carbocycles. The molecule has 0 spiro atoms. The van der Waals surface area contributed by atoms with Crippen molar-refractivity contribution >= 4 is 12.6 Å². The van der Waals surface area contributed by atoms with Crippen molar-refractivity contribution in [3.8, 4) is 0 Å². The first-order chi connectivity index (χ1) is 6.11. The fraction of sp³-hybridized carbons (Fsp3) is 1.00. The van der Waals surface area contributed by atoms with Gasteiger partial charge < -0.3 is 24.8 Å². The van der Waals surface area contributed by atoms with E-state index in [1.54, 1.807) is 0 Å². The molecule has 3 N–H and O–H groups in total. The Kier molecular flexibility index (Phi) is 3.96. The first-order valence-electron chi connectivity index (χ1n) is 3.95. The van der Waals surface area contributed by atoms with Crippen molar-refractivity contribution in [1.82, 2.24) is 0 Å². The number of rotatable bonds is 2. The summed E-state index contributed by atoms with van der Waals surface area (Å²) in [6, 6.07) is 0. The van der Waals surface area contributed by atoms with Crippen LogP contribution in [0.3, 0.4) is 0 Å². The van der Waals surface area contributed by atoms with E-state index in [1.807, 2.05) is 0 Å². The maximum Gasteiger partial charge on any atom is 0.186 e. The van der Waals surface area contributed by atoms with Gasteiger partial charge in [0.2, 0.25) is 0 Å². The molecule has 1 fully saturated rings. The molecule has 1 rings (SSSR count). The largest absolute Gasteiger partial charge is 0.388 e. The molecule has 0 radical (unpaired) electrons. The summed E-state index contributed by atoms with van der Waals surface area (Å²) in [5.74, 6) is 0.255. The fourth-order valence-electron chi connectivity index (χ4n) is 1.26. The summed E-state index contributed by atoms with van der Waals surface area (Å²) >= 11 is 3.94. The minimum absolute atomic E-state index is 0.255. The van der Waals surface area contributed by atoms with Crippen LogP contribution >= 0.6 is 12.6 Å². The van der Waals surface area contributed by atoms with Crippen LogP contribution in [0.4, 0.5) is 0 Å². The van der Waals surface area contributed by atoms with Gasteiger partial charge in [-0.1, -0.05) is 0 Å². The number of ether oxygens (including phenoxy) is 2. The van der Waals surface area contributed by atoms with Crippen molar-refractivity contribution in [2.45, 2.75) is 30.7 Å². The molecule has 0 amide bonds. The Balaban J connectivity index is 2.66. The van der Waals surface area contributed by atoms with E-state index in [-0.39, 0.29) is 5.75 Å². The van der Waals surface area contributed by atoms with Crippen LogP contribution in [-0.2, 0) is 9.47 Å². The third-order valence-electron chi connectivity index (χ3n) is 2.08. The van der Waals surface area contributed by atoms with Gasteiger partial charge in [-0.05, 0) is 0 Å². The van der Waals surface area contributed by atoms with Crippen LogP contribution in [0.1, 0.15) is 0 Å². The molecule has 1 aliphatic heterocycles. The van der Waals surface area contributed by atoms with E-state index in [0.29, 0.717) is 0 Å². The molecule has 0 aromatic rings. The Morgan fingerprint density at radius 2 is 1.85 bits per heavy atom. The number of hydrogen-bond acceptors (Lipinski definition) is 6. The summed E-state index contributed by atoms with van der Waals surface area (Å²) in [6.07, 6.45) is -5.13. The maximum atomic E-state index is 9.38. The van der Waals surface area contributed by atoms with Gasteiger partial charge in [0.05, 0.1) is 6.10 Å². The van der Waals surface area contributed by atoms with Gasteiger partial charge in [0, 0.05) is 12.9 Å². The lowest BCUT2D eigenvalue weighted by Crippen LogP contribution is -2.58. The molecule has 1 saturated heterocycles. The quantitative estimate of drug-likeness (QED) is 0.412. The van der Waals surface area contributed by atoms with Crippen LogP contribution < -0.4 is 0 Å². The average Bonchev–Trinajstić information content (AvgIpc) is 2.15. The van der Waals surface area contributed by atoms with E-state index >= 15 is 0 Å². The molecule has 0 unspecified atom stereocenters. The molecular weight excluding hydrogens is 196 g/mol. The molecule has 1 aliphatic rings. The average molecular weight is 210 g/mol. The number of aliphatic hydroxyl groups excluding tert-OH is 3. The van der Waals surface area contributed by atoms with Gasteiger partial charge in [0.25, 0.3) is 0 Å². The highest BCUT2D eigenvalue weighted by Crippen LogP contribution is 2.21. The van der Waals surface area contributed by atoms with Crippen molar-refractivity contribution in [1.29, 1.82) is 0 Å². The van der Waals surface area contributed by atoms with Crippen molar-refractivity contribution in [3.63, 3.8) is 0 Å². The van der Waals surface area contributed by atoms with Gasteiger partial charge in [-0.2, -0.15) is 12.6 Å². The lowest BCUT2D eigenvalue weighted by Gasteiger charge is -2.39. The van der Waals surface area contributed by atoms with Gasteiger partial charge in [-0.3, -0.25) is 0 Å². The molecule has 0 bridgehead atoms. The van der Waals surface area contributed by atoms with Crippen LogP contribution in [0.5, 0.6) is 0 Å². The molecule has 0 aliphatic carbocycles. The number of aliphatic hydroxyl groups is 3. The molecule has 5 atom stereocenters. The van der Waals surface area contributed by atoms with Crippen molar-refractivity contribution < 1.29 is 24.8 Å². The second-order valence-corrected chi connectivity index (χ2v) is 3.30. The lowest BCUT2D eigenvalue weighted by atomic mass is 10.00. The summed E-state index contributed by atoms with van der Waals surface area (Å²) in [5, 5.41) is 28.1. The predicted octanol–water partition coefficient (Wildman–Crippen LogP) is -1.63. The molecular formula is C7H14O5S. The Labute approximate surface area is 81.7 Å². The van der Waals surface area contributed by atoms with Gasteiger partial charge >= 0.3 is 0 Å². The molecule has 6 heteroatoms. The Morgan fingerprint density at radius 3 is 2.31 bits per heavy atom. The fourth-order valence-corrected chi connectivity index (χ4v) is 1.56. The second-order valence-electron chi connectivity index (χ2n) is 2.93. The summed E-state index contributed by atoms with van der Waals surface area (Å²) in [5.41, 5.74) is 0. The Bertz CT molecular complexity index is 147. The Morgan fingerprint density at radius 1 is 1.23 bits per heavy atom. The number of thiol groups is 1. The normalized spacial score (nSPS) is 46.4. The second kappa shape index (κ2) is 4.59. The van der Waals surface area contributed by atoms with Gasteiger partial charge in [-0.15, -0.1) is 0 Å². The smallest absolute Gasteiger partial charge is 0.186 e. The highest BCUT2D eigenvalue weighted by atomic mass is 32.1. The number of hydrogen-bond donors (Lipinski definition) is 4. The summed E-state index contributed by atoms with van der Waals surface area (Å²) < 4.78 is 9.90. The van der Waals surface area contributed by atoms with E-state index < -0.39 is 30.7 Å². The molecule has 78 valence electrons. The number of methoxy groups -OCH3 is 1. The monoisotopic (exact) mass is 210 g/mol.